The number of ether oxygens (including phenoxy) is 1. The van der Waals surface area contributed by atoms with Crippen LogP contribution >= 0.6 is 0 Å². The number of carbonyl (C=O) groups excluding carboxylic acids is 2. The first kappa shape index (κ1) is 21.3. The molecule has 0 unspecified atom stereocenters. The second-order valence-electron chi connectivity index (χ2n) is 8.48. The largest absolute Gasteiger partial charge is 0.489 e. The molecule has 0 aliphatic carbocycles. The number of pyridine rings is 1. The molecule has 2 amide bonds. The molecule has 31 heavy (non-hydrogen) atoms. The van der Waals surface area contributed by atoms with Crippen molar-refractivity contribution < 1.29 is 14.3 Å². The van der Waals surface area contributed by atoms with Crippen molar-refractivity contribution in [1.29, 1.82) is 0 Å². The van der Waals surface area contributed by atoms with Gasteiger partial charge in [-0.05, 0) is 56.0 Å². The van der Waals surface area contributed by atoms with Crippen molar-refractivity contribution in [1.82, 2.24) is 14.8 Å². The topological polar surface area (TPSA) is 62.7 Å². The fourth-order valence-corrected chi connectivity index (χ4v) is 4.41. The predicted molar refractivity (Wildman–Crippen MR) is 119 cm³/mol. The van der Waals surface area contributed by atoms with Gasteiger partial charge in [0.25, 0.3) is 5.91 Å². The van der Waals surface area contributed by atoms with E-state index in [1.165, 1.54) is 12.8 Å². The lowest BCUT2D eigenvalue weighted by atomic mass is 9.94. The average molecular weight is 422 g/mol. The molecule has 0 atom stereocenters. The molecule has 2 aliphatic heterocycles. The fraction of sp³-hybridized carbons (Fsp3) is 0.480. The first-order valence-electron chi connectivity index (χ1n) is 11.4. The van der Waals surface area contributed by atoms with Gasteiger partial charge in [0.1, 0.15) is 12.4 Å². The van der Waals surface area contributed by atoms with Gasteiger partial charge in [-0.25, -0.2) is 0 Å². The Hall–Kier alpha value is -2.89. The Bertz CT molecular complexity index is 853. The molecule has 6 nitrogen and oxygen atoms in total. The monoisotopic (exact) mass is 421 g/mol. The van der Waals surface area contributed by atoms with E-state index in [0.29, 0.717) is 31.2 Å². The number of likely N-dealkylation sites (tertiary alicyclic amines) is 2. The lowest BCUT2D eigenvalue weighted by Crippen LogP contribution is -2.44. The van der Waals surface area contributed by atoms with Crippen molar-refractivity contribution in [3.63, 3.8) is 0 Å². The highest BCUT2D eigenvalue weighted by Gasteiger charge is 2.30. The summed E-state index contributed by atoms with van der Waals surface area (Å²) in [5, 5.41) is 0. The van der Waals surface area contributed by atoms with E-state index in [-0.39, 0.29) is 11.8 Å². The van der Waals surface area contributed by atoms with Crippen molar-refractivity contribution in [3.05, 3.63) is 59.9 Å². The van der Waals surface area contributed by atoms with Crippen molar-refractivity contribution in [2.75, 3.05) is 26.2 Å². The lowest BCUT2D eigenvalue weighted by Gasteiger charge is -2.34. The quantitative estimate of drug-likeness (QED) is 0.734. The number of rotatable bonds is 5. The predicted octanol–water partition coefficient (Wildman–Crippen LogP) is 3.92. The molecule has 0 bridgehead atoms. The van der Waals surface area contributed by atoms with Gasteiger partial charge in [0.15, 0.2) is 0 Å². The molecular formula is C25H31N3O3. The minimum absolute atomic E-state index is 0.0273. The van der Waals surface area contributed by atoms with Gasteiger partial charge in [-0.15, -0.1) is 0 Å². The normalized spacial score (nSPS) is 17.8. The standard InChI is InChI=1S/C25H31N3O3/c29-24(21-7-9-23(10-8-21)31-19-20-6-5-13-26-18-20)28-16-11-22(12-17-28)25(30)27-14-3-1-2-4-15-27/h5-10,13,18,22H,1-4,11-12,14-17,19H2. The van der Waals surface area contributed by atoms with Crippen LogP contribution < -0.4 is 4.74 Å². The summed E-state index contributed by atoms with van der Waals surface area (Å²) < 4.78 is 5.77. The summed E-state index contributed by atoms with van der Waals surface area (Å²) in [5.74, 6) is 1.11. The van der Waals surface area contributed by atoms with Gasteiger partial charge in [0, 0.05) is 55.6 Å². The number of benzene rings is 1. The van der Waals surface area contributed by atoms with Crippen LogP contribution in [-0.4, -0.2) is 52.8 Å². The molecule has 1 aromatic heterocycles. The van der Waals surface area contributed by atoms with Gasteiger partial charge in [-0.2, -0.15) is 0 Å². The Morgan fingerprint density at radius 1 is 0.903 bits per heavy atom. The summed E-state index contributed by atoms with van der Waals surface area (Å²) in [5.41, 5.74) is 1.66. The number of hydrogen-bond acceptors (Lipinski definition) is 4. The summed E-state index contributed by atoms with van der Waals surface area (Å²) in [4.78, 5) is 33.8. The first-order chi connectivity index (χ1) is 15.2. The van der Waals surface area contributed by atoms with Gasteiger partial charge < -0.3 is 14.5 Å². The Labute approximate surface area is 184 Å². The van der Waals surface area contributed by atoms with Crippen LogP contribution in [0.1, 0.15) is 54.4 Å². The van der Waals surface area contributed by atoms with E-state index in [2.05, 4.69) is 9.88 Å². The van der Waals surface area contributed by atoms with E-state index in [9.17, 15) is 9.59 Å². The molecule has 2 saturated heterocycles. The highest BCUT2D eigenvalue weighted by Crippen LogP contribution is 2.23. The van der Waals surface area contributed by atoms with Crippen LogP contribution in [-0.2, 0) is 11.4 Å². The molecule has 0 spiro atoms. The van der Waals surface area contributed by atoms with E-state index in [1.54, 1.807) is 12.4 Å². The third-order valence-corrected chi connectivity index (χ3v) is 6.28. The first-order valence-corrected chi connectivity index (χ1v) is 11.4. The number of hydrogen-bond donors (Lipinski definition) is 0. The fourth-order valence-electron chi connectivity index (χ4n) is 4.41. The number of amides is 2. The van der Waals surface area contributed by atoms with E-state index >= 15 is 0 Å². The highest BCUT2D eigenvalue weighted by molar-refractivity contribution is 5.94. The number of aromatic nitrogens is 1. The molecule has 0 N–H and O–H groups in total. The van der Waals surface area contributed by atoms with Gasteiger partial charge in [0.2, 0.25) is 5.91 Å². The number of piperidine rings is 1. The average Bonchev–Trinajstić information content (AvgIpc) is 3.13. The SMILES string of the molecule is O=C(c1ccc(OCc2cccnc2)cc1)N1CCC(C(=O)N2CCCCCC2)CC1. The van der Waals surface area contributed by atoms with E-state index in [0.717, 1.165) is 50.1 Å². The molecule has 2 aliphatic rings. The third kappa shape index (κ3) is 5.63. The van der Waals surface area contributed by atoms with Crippen molar-refractivity contribution in [3.8, 4) is 5.75 Å². The molecule has 6 heteroatoms. The lowest BCUT2D eigenvalue weighted by molar-refractivity contribution is -0.136. The maximum atomic E-state index is 12.9. The molecule has 2 aromatic rings. The van der Waals surface area contributed by atoms with Crippen molar-refractivity contribution >= 4 is 11.8 Å². The zero-order valence-electron chi connectivity index (χ0n) is 18.0. The van der Waals surface area contributed by atoms with Gasteiger partial charge in [0.05, 0.1) is 0 Å². The molecule has 1 aromatic carbocycles. The van der Waals surface area contributed by atoms with Crippen LogP contribution in [0.25, 0.3) is 0 Å². The minimum atomic E-state index is 0.0273. The molecule has 2 fully saturated rings. The van der Waals surface area contributed by atoms with Gasteiger partial charge >= 0.3 is 0 Å². The van der Waals surface area contributed by atoms with Crippen LogP contribution in [0.3, 0.4) is 0 Å². The molecular weight excluding hydrogens is 390 g/mol. The smallest absolute Gasteiger partial charge is 0.253 e. The Balaban J connectivity index is 1.26. The second-order valence-corrected chi connectivity index (χ2v) is 8.48. The summed E-state index contributed by atoms with van der Waals surface area (Å²) >= 11 is 0. The summed E-state index contributed by atoms with van der Waals surface area (Å²) in [6, 6.07) is 11.1. The maximum absolute atomic E-state index is 12.9. The Morgan fingerprint density at radius 2 is 1.61 bits per heavy atom. The van der Waals surface area contributed by atoms with Crippen molar-refractivity contribution in [2.45, 2.75) is 45.1 Å². The minimum Gasteiger partial charge on any atom is -0.489 e. The molecule has 4 rings (SSSR count). The van der Waals surface area contributed by atoms with Crippen LogP contribution in [0.15, 0.2) is 48.8 Å². The zero-order chi connectivity index (χ0) is 21.5. The summed E-state index contributed by atoms with van der Waals surface area (Å²) in [6.45, 7) is 3.52. The van der Waals surface area contributed by atoms with Crippen molar-refractivity contribution in [2.24, 2.45) is 5.92 Å². The summed E-state index contributed by atoms with van der Waals surface area (Å²) in [7, 11) is 0. The van der Waals surface area contributed by atoms with Crippen LogP contribution in [0, 0.1) is 5.92 Å². The van der Waals surface area contributed by atoms with E-state index in [4.69, 9.17) is 4.74 Å². The summed E-state index contributed by atoms with van der Waals surface area (Å²) in [6.07, 6.45) is 9.71. The molecule has 0 radical (unpaired) electrons. The molecule has 3 heterocycles. The zero-order valence-corrected chi connectivity index (χ0v) is 18.0. The van der Waals surface area contributed by atoms with Crippen LogP contribution in [0.5, 0.6) is 5.75 Å². The van der Waals surface area contributed by atoms with Gasteiger partial charge in [-0.3, -0.25) is 14.6 Å². The van der Waals surface area contributed by atoms with Crippen LogP contribution in [0.4, 0.5) is 0 Å². The highest BCUT2D eigenvalue weighted by atomic mass is 16.5. The van der Waals surface area contributed by atoms with Gasteiger partial charge in [-0.1, -0.05) is 18.9 Å². The Morgan fingerprint density at radius 3 is 2.26 bits per heavy atom. The molecule has 164 valence electrons. The molecule has 0 saturated carbocycles. The maximum Gasteiger partial charge on any atom is 0.253 e. The van der Waals surface area contributed by atoms with E-state index in [1.807, 2.05) is 41.3 Å². The Kier molecular flexibility index (Phi) is 7.18. The third-order valence-electron chi connectivity index (χ3n) is 6.28. The number of nitrogens with zero attached hydrogens (tertiary/aromatic N) is 3. The second kappa shape index (κ2) is 10.4. The van der Waals surface area contributed by atoms with E-state index < -0.39 is 0 Å². The number of carbonyl (C=O) groups is 2. The van der Waals surface area contributed by atoms with Crippen LogP contribution in [0.2, 0.25) is 0 Å².